The number of rotatable bonds is 10. The van der Waals surface area contributed by atoms with E-state index in [4.69, 9.17) is 16.3 Å². The summed E-state index contributed by atoms with van der Waals surface area (Å²) in [6.45, 7) is 3.71. The Balaban J connectivity index is 1.80. The van der Waals surface area contributed by atoms with Gasteiger partial charge in [0.25, 0.3) is 11.8 Å². The molecule has 0 atom stereocenters. The van der Waals surface area contributed by atoms with Crippen molar-refractivity contribution in [1.29, 1.82) is 0 Å². The third-order valence-electron chi connectivity index (χ3n) is 4.53. The zero-order chi connectivity index (χ0) is 20.6. The van der Waals surface area contributed by atoms with Crippen molar-refractivity contribution in [2.45, 2.75) is 31.1 Å². The Morgan fingerprint density at radius 1 is 0.931 bits per heavy atom. The predicted octanol–water partition coefficient (Wildman–Crippen LogP) is 5.42. The van der Waals surface area contributed by atoms with Crippen molar-refractivity contribution in [3.05, 3.63) is 70.1 Å². The third kappa shape index (κ3) is 5.50. The summed E-state index contributed by atoms with van der Waals surface area (Å²) in [7, 11) is 0. The van der Waals surface area contributed by atoms with Crippen LogP contribution in [0.25, 0.3) is 5.57 Å². The number of benzene rings is 2. The Kier molecular flexibility index (Phi) is 7.92. The largest absolute Gasteiger partial charge is 0.381 e. The second-order valence-electron chi connectivity index (χ2n) is 6.71. The third-order valence-corrected chi connectivity index (χ3v) is 5.88. The molecule has 0 N–H and O–H groups in total. The second kappa shape index (κ2) is 10.6. The molecule has 0 aliphatic carbocycles. The second-order valence-corrected chi connectivity index (χ2v) is 8.23. The van der Waals surface area contributed by atoms with Crippen molar-refractivity contribution in [3.63, 3.8) is 0 Å². The summed E-state index contributed by atoms with van der Waals surface area (Å²) in [6, 6.07) is 16.6. The van der Waals surface area contributed by atoms with Crippen molar-refractivity contribution >= 4 is 40.8 Å². The Labute approximate surface area is 180 Å². The van der Waals surface area contributed by atoms with Crippen molar-refractivity contribution in [2.75, 3.05) is 19.8 Å². The lowest BCUT2D eigenvalue weighted by molar-refractivity contribution is -0.136. The molecule has 4 nitrogen and oxygen atoms in total. The first-order chi connectivity index (χ1) is 14.1. The SMILES string of the molecule is CCCCOCCCN1C(=O)C(Sc2ccccc2)=C(c2ccc(Cl)cc2)C1=O. The maximum absolute atomic E-state index is 13.1. The van der Waals surface area contributed by atoms with E-state index in [1.807, 2.05) is 30.3 Å². The molecule has 0 radical (unpaired) electrons. The first-order valence-corrected chi connectivity index (χ1v) is 11.0. The maximum atomic E-state index is 13.1. The number of ether oxygens (including phenoxy) is 1. The molecule has 3 rings (SSSR count). The molecule has 1 aliphatic heterocycles. The van der Waals surface area contributed by atoms with Crippen LogP contribution in [0.5, 0.6) is 0 Å². The van der Waals surface area contributed by atoms with Gasteiger partial charge in [0.1, 0.15) is 0 Å². The maximum Gasteiger partial charge on any atom is 0.268 e. The normalized spacial score (nSPS) is 14.2. The smallest absolute Gasteiger partial charge is 0.268 e. The van der Waals surface area contributed by atoms with Gasteiger partial charge in [0.2, 0.25) is 0 Å². The highest BCUT2D eigenvalue weighted by molar-refractivity contribution is 8.04. The van der Waals surface area contributed by atoms with Crippen molar-refractivity contribution in [1.82, 2.24) is 4.90 Å². The van der Waals surface area contributed by atoms with E-state index in [0.717, 1.165) is 17.7 Å². The fourth-order valence-corrected chi connectivity index (χ4v) is 4.16. The van der Waals surface area contributed by atoms with Crippen LogP contribution < -0.4 is 0 Å². The summed E-state index contributed by atoms with van der Waals surface area (Å²) in [6.07, 6.45) is 2.72. The first-order valence-electron chi connectivity index (χ1n) is 9.79. The Hall–Kier alpha value is -2.08. The van der Waals surface area contributed by atoms with Gasteiger partial charge in [-0.05, 0) is 42.7 Å². The average molecular weight is 430 g/mol. The molecule has 29 heavy (non-hydrogen) atoms. The number of carbonyl (C=O) groups is 2. The van der Waals surface area contributed by atoms with Gasteiger partial charge in [-0.25, -0.2) is 0 Å². The number of amides is 2. The van der Waals surface area contributed by atoms with Crippen LogP contribution in [0.2, 0.25) is 5.02 Å². The lowest BCUT2D eigenvalue weighted by Gasteiger charge is -2.15. The molecule has 1 heterocycles. The first kappa shape index (κ1) is 21.6. The van der Waals surface area contributed by atoms with Gasteiger partial charge in [-0.15, -0.1) is 0 Å². The zero-order valence-corrected chi connectivity index (χ0v) is 18.0. The molecule has 0 saturated carbocycles. The number of halogens is 1. The summed E-state index contributed by atoms with van der Waals surface area (Å²) in [5, 5.41) is 0.587. The van der Waals surface area contributed by atoms with E-state index >= 15 is 0 Å². The highest BCUT2D eigenvalue weighted by atomic mass is 35.5. The van der Waals surface area contributed by atoms with Gasteiger partial charge in [0.15, 0.2) is 0 Å². The van der Waals surface area contributed by atoms with Crippen LogP contribution in [-0.4, -0.2) is 36.5 Å². The summed E-state index contributed by atoms with van der Waals surface area (Å²) < 4.78 is 5.57. The lowest BCUT2D eigenvalue weighted by atomic mass is 10.1. The highest BCUT2D eigenvalue weighted by Gasteiger charge is 2.39. The molecule has 2 aromatic carbocycles. The minimum atomic E-state index is -0.260. The molecule has 2 aromatic rings. The van der Waals surface area contributed by atoms with Crippen LogP contribution >= 0.6 is 23.4 Å². The summed E-state index contributed by atoms with van der Waals surface area (Å²) in [4.78, 5) is 28.9. The van der Waals surface area contributed by atoms with Crippen molar-refractivity contribution < 1.29 is 14.3 Å². The van der Waals surface area contributed by atoms with Gasteiger partial charge in [-0.3, -0.25) is 14.5 Å². The Bertz CT molecular complexity index is 881. The van der Waals surface area contributed by atoms with E-state index in [1.54, 1.807) is 24.3 Å². The molecule has 0 saturated heterocycles. The monoisotopic (exact) mass is 429 g/mol. The van der Waals surface area contributed by atoms with Gasteiger partial charge in [-0.1, -0.05) is 67.0 Å². The van der Waals surface area contributed by atoms with Crippen molar-refractivity contribution in [3.8, 4) is 0 Å². The van der Waals surface area contributed by atoms with Crippen LogP contribution in [0.1, 0.15) is 31.7 Å². The predicted molar refractivity (Wildman–Crippen MR) is 118 cm³/mol. The van der Waals surface area contributed by atoms with Crippen LogP contribution in [0.15, 0.2) is 64.4 Å². The molecule has 0 aromatic heterocycles. The van der Waals surface area contributed by atoms with Gasteiger partial charge in [-0.2, -0.15) is 0 Å². The fourth-order valence-electron chi connectivity index (χ4n) is 3.00. The number of unbranched alkanes of at least 4 members (excludes halogenated alkanes) is 1. The van der Waals surface area contributed by atoms with Gasteiger partial charge < -0.3 is 4.74 Å². The minimum absolute atomic E-state index is 0.248. The van der Waals surface area contributed by atoms with E-state index < -0.39 is 0 Å². The molecule has 0 bridgehead atoms. The molecule has 152 valence electrons. The fraction of sp³-hybridized carbons (Fsp3) is 0.304. The summed E-state index contributed by atoms with van der Waals surface area (Å²) in [5.41, 5.74) is 1.14. The van der Waals surface area contributed by atoms with Gasteiger partial charge >= 0.3 is 0 Å². The van der Waals surface area contributed by atoms with Gasteiger partial charge in [0.05, 0.1) is 10.5 Å². The van der Waals surface area contributed by atoms with Crippen LogP contribution in [0, 0.1) is 0 Å². The Morgan fingerprint density at radius 2 is 1.62 bits per heavy atom. The molecule has 0 fully saturated rings. The lowest BCUT2D eigenvalue weighted by Crippen LogP contribution is -2.33. The number of hydrogen-bond acceptors (Lipinski definition) is 4. The molecule has 0 unspecified atom stereocenters. The average Bonchev–Trinajstić information content (AvgIpc) is 2.96. The van der Waals surface area contributed by atoms with Crippen molar-refractivity contribution in [2.24, 2.45) is 0 Å². The molecule has 2 amide bonds. The minimum Gasteiger partial charge on any atom is -0.381 e. The van der Waals surface area contributed by atoms with Crippen LogP contribution in [0.3, 0.4) is 0 Å². The Morgan fingerprint density at radius 3 is 2.31 bits per heavy atom. The van der Waals surface area contributed by atoms with Crippen LogP contribution in [-0.2, 0) is 14.3 Å². The van der Waals surface area contributed by atoms with E-state index in [-0.39, 0.29) is 11.8 Å². The zero-order valence-electron chi connectivity index (χ0n) is 16.4. The number of hydrogen-bond donors (Lipinski definition) is 0. The molecule has 6 heteroatoms. The standard InChI is InChI=1S/C23H24ClNO3S/c1-2-3-15-28-16-7-14-25-22(26)20(17-10-12-18(24)13-11-17)21(23(25)27)29-19-8-5-4-6-9-19/h4-6,8-13H,2-3,7,14-16H2,1H3. The summed E-state index contributed by atoms with van der Waals surface area (Å²) in [5.74, 6) is -0.508. The van der Waals surface area contributed by atoms with E-state index in [2.05, 4.69) is 6.92 Å². The number of thioether (sulfide) groups is 1. The number of imide groups is 1. The number of carbonyl (C=O) groups excluding carboxylic acids is 2. The summed E-state index contributed by atoms with van der Waals surface area (Å²) >= 11 is 7.33. The number of nitrogens with zero attached hydrogens (tertiary/aromatic N) is 1. The molecular weight excluding hydrogens is 406 g/mol. The van der Waals surface area contributed by atoms with E-state index in [0.29, 0.717) is 47.2 Å². The molecule has 0 spiro atoms. The molecular formula is C23H24ClNO3S. The topological polar surface area (TPSA) is 46.6 Å². The highest BCUT2D eigenvalue weighted by Crippen LogP contribution is 2.39. The van der Waals surface area contributed by atoms with Crippen LogP contribution in [0.4, 0.5) is 0 Å². The van der Waals surface area contributed by atoms with E-state index in [9.17, 15) is 9.59 Å². The van der Waals surface area contributed by atoms with E-state index in [1.165, 1.54) is 16.7 Å². The quantitative estimate of drug-likeness (QED) is 0.373. The molecule has 1 aliphatic rings. The van der Waals surface area contributed by atoms with Gasteiger partial charge in [0, 0.05) is 29.7 Å².